The molecule has 1 aromatic carbocycles. The Labute approximate surface area is 229 Å². The molecular formula is C28H41NO10. The molecule has 0 aliphatic heterocycles. The summed E-state index contributed by atoms with van der Waals surface area (Å²) in [7, 11) is 0. The summed E-state index contributed by atoms with van der Waals surface area (Å²) in [6.07, 6.45) is 2.75. The topological polar surface area (TPSA) is 150 Å². The second kappa shape index (κ2) is 16.6. The maximum atomic E-state index is 12.7. The van der Waals surface area contributed by atoms with Crippen LogP contribution in [0.4, 0.5) is 9.59 Å². The van der Waals surface area contributed by atoms with Crippen LogP contribution in [-0.2, 0) is 35.0 Å². The number of hydrogen-bond donors (Lipinski definition) is 1. The molecule has 3 atom stereocenters. The average Bonchev–Trinajstić information content (AvgIpc) is 2.92. The number of esters is 2. The monoisotopic (exact) mass is 551 g/mol. The first-order chi connectivity index (χ1) is 18.6. The molecule has 218 valence electrons. The first kappa shape index (κ1) is 31.9. The molecule has 0 spiro atoms. The molecule has 1 aliphatic carbocycles. The van der Waals surface area contributed by atoms with E-state index in [1.807, 2.05) is 13.8 Å². The molecule has 0 radical (unpaired) electrons. The summed E-state index contributed by atoms with van der Waals surface area (Å²) in [5, 5.41) is 0. The number of carbonyl (C=O) groups is 4. The predicted octanol–water partition coefficient (Wildman–Crippen LogP) is 4.85. The van der Waals surface area contributed by atoms with Crippen molar-refractivity contribution in [1.82, 2.24) is 0 Å². The van der Waals surface area contributed by atoms with E-state index >= 15 is 0 Å². The van der Waals surface area contributed by atoms with E-state index in [4.69, 9.17) is 34.2 Å². The van der Waals surface area contributed by atoms with Crippen LogP contribution in [0, 0.1) is 5.92 Å². The van der Waals surface area contributed by atoms with Crippen LogP contribution in [0.15, 0.2) is 18.2 Å². The van der Waals surface area contributed by atoms with Crippen molar-refractivity contribution in [3.63, 3.8) is 0 Å². The van der Waals surface area contributed by atoms with Crippen LogP contribution in [-0.4, -0.2) is 55.7 Å². The van der Waals surface area contributed by atoms with Crippen molar-refractivity contribution in [2.75, 3.05) is 13.2 Å². The van der Waals surface area contributed by atoms with Crippen molar-refractivity contribution in [2.24, 2.45) is 11.7 Å². The number of hydrogen-bond acceptors (Lipinski definition) is 11. The Balaban J connectivity index is 2.00. The highest BCUT2D eigenvalue weighted by atomic mass is 16.7. The summed E-state index contributed by atoms with van der Waals surface area (Å²) >= 11 is 0. The molecule has 0 saturated heterocycles. The van der Waals surface area contributed by atoms with Crippen LogP contribution in [0.1, 0.15) is 78.2 Å². The van der Waals surface area contributed by atoms with Crippen molar-refractivity contribution >= 4 is 24.2 Å². The molecular weight excluding hydrogens is 510 g/mol. The molecule has 2 N–H and O–H groups in total. The van der Waals surface area contributed by atoms with E-state index in [1.165, 1.54) is 12.1 Å². The quantitative estimate of drug-likeness (QED) is 0.203. The molecule has 1 saturated carbocycles. The van der Waals surface area contributed by atoms with Gasteiger partial charge in [0.2, 0.25) is 0 Å². The Kier molecular flexibility index (Phi) is 13.6. The summed E-state index contributed by atoms with van der Waals surface area (Å²) in [5.41, 5.74) is 6.60. The van der Waals surface area contributed by atoms with Crippen molar-refractivity contribution in [3.05, 3.63) is 23.8 Å². The molecule has 1 aromatic rings. The van der Waals surface area contributed by atoms with Gasteiger partial charge in [-0.25, -0.2) is 9.59 Å². The van der Waals surface area contributed by atoms with Gasteiger partial charge in [0.05, 0.1) is 19.1 Å². The van der Waals surface area contributed by atoms with Gasteiger partial charge in [0.1, 0.15) is 18.2 Å². The van der Waals surface area contributed by atoms with E-state index in [2.05, 4.69) is 0 Å². The Morgan fingerprint density at radius 1 is 0.846 bits per heavy atom. The summed E-state index contributed by atoms with van der Waals surface area (Å²) in [5.74, 6) is -1.22. The first-order valence-corrected chi connectivity index (χ1v) is 13.6. The van der Waals surface area contributed by atoms with Crippen molar-refractivity contribution < 1.29 is 47.6 Å². The smallest absolute Gasteiger partial charge is 0.459 e. The molecule has 1 unspecified atom stereocenters. The molecule has 2 rings (SSSR count). The van der Waals surface area contributed by atoms with Gasteiger partial charge in [-0.3, -0.25) is 9.59 Å². The third kappa shape index (κ3) is 11.1. The normalized spacial score (nSPS) is 15.8. The second-order valence-corrected chi connectivity index (χ2v) is 9.61. The van der Waals surface area contributed by atoms with Gasteiger partial charge in [-0.05, 0) is 63.6 Å². The largest absolute Gasteiger partial charge is 0.513 e. The van der Waals surface area contributed by atoms with Gasteiger partial charge in [-0.15, -0.1) is 0 Å². The number of rotatable bonds is 13. The minimum atomic E-state index is -1.06. The predicted molar refractivity (Wildman–Crippen MR) is 140 cm³/mol. The third-order valence-corrected chi connectivity index (χ3v) is 6.20. The summed E-state index contributed by atoms with van der Waals surface area (Å²) < 4.78 is 31.2. The van der Waals surface area contributed by atoms with Crippen LogP contribution < -0.4 is 15.2 Å². The van der Waals surface area contributed by atoms with E-state index in [1.54, 1.807) is 19.9 Å². The molecule has 11 heteroatoms. The summed E-state index contributed by atoms with van der Waals surface area (Å²) in [6.45, 7) is 7.29. The van der Waals surface area contributed by atoms with E-state index in [0.29, 0.717) is 18.4 Å². The van der Waals surface area contributed by atoms with E-state index in [9.17, 15) is 19.2 Å². The number of carbonyl (C=O) groups excluding carboxylic acids is 4. The van der Waals surface area contributed by atoms with Crippen LogP contribution in [0.5, 0.6) is 11.5 Å². The fourth-order valence-electron chi connectivity index (χ4n) is 3.87. The lowest BCUT2D eigenvalue weighted by Gasteiger charge is -2.26. The number of nitrogens with two attached hydrogens (primary N) is 1. The lowest BCUT2D eigenvalue weighted by molar-refractivity contribution is -0.169. The maximum absolute atomic E-state index is 12.7. The molecule has 1 fully saturated rings. The van der Waals surface area contributed by atoms with Gasteiger partial charge >= 0.3 is 24.2 Å². The van der Waals surface area contributed by atoms with Gasteiger partial charge in [0.25, 0.3) is 0 Å². The fraction of sp³-hybridized carbons (Fsp3) is 0.643. The standard InChI is InChI=1S/C28H41NO10/c1-5-14-34-27(32)38-23-13-12-20(17-24(23)39-28(33)35-15-6-2)16-22(29)26(31)37-19(4)18(3)36-25(30)21-10-8-7-9-11-21/h12-13,17-19,21-22H,5-11,14-16,29H2,1-4H3/t18?,19-,22-/m0/s1. The second-order valence-electron chi connectivity index (χ2n) is 9.61. The van der Waals surface area contributed by atoms with Crippen LogP contribution in [0.3, 0.4) is 0 Å². The highest BCUT2D eigenvalue weighted by molar-refractivity contribution is 5.76. The van der Waals surface area contributed by atoms with Gasteiger partial charge in [0, 0.05) is 0 Å². The van der Waals surface area contributed by atoms with Crippen LogP contribution in [0.2, 0.25) is 0 Å². The Hall–Kier alpha value is -3.34. The van der Waals surface area contributed by atoms with Crippen molar-refractivity contribution in [1.29, 1.82) is 0 Å². The molecule has 0 amide bonds. The van der Waals surface area contributed by atoms with Gasteiger partial charge in [-0.1, -0.05) is 39.2 Å². The van der Waals surface area contributed by atoms with Crippen molar-refractivity contribution in [2.45, 2.75) is 97.3 Å². The zero-order valence-electron chi connectivity index (χ0n) is 23.3. The molecule has 11 nitrogen and oxygen atoms in total. The van der Waals surface area contributed by atoms with Crippen LogP contribution >= 0.6 is 0 Å². The van der Waals surface area contributed by atoms with Crippen molar-refractivity contribution in [3.8, 4) is 11.5 Å². The molecule has 0 aromatic heterocycles. The highest BCUT2D eigenvalue weighted by Crippen LogP contribution is 2.30. The zero-order valence-corrected chi connectivity index (χ0v) is 23.3. The summed E-state index contributed by atoms with van der Waals surface area (Å²) in [4.78, 5) is 49.0. The fourth-order valence-corrected chi connectivity index (χ4v) is 3.87. The SMILES string of the molecule is CCCOC(=O)Oc1ccc(C[C@H](N)C(=O)O[C@@H](C)C(C)OC(=O)C2CCCCC2)cc1OC(=O)OCCC. The Morgan fingerprint density at radius 2 is 1.41 bits per heavy atom. The lowest BCUT2D eigenvalue weighted by atomic mass is 9.89. The highest BCUT2D eigenvalue weighted by Gasteiger charge is 2.28. The Morgan fingerprint density at radius 3 is 2.00 bits per heavy atom. The van der Waals surface area contributed by atoms with Gasteiger partial charge in [0.15, 0.2) is 11.5 Å². The van der Waals surface area contributed by atoms with Gasteiger partial charge in [-0.2, -0.15) is 0 Å². The minimum absolute atomic E-state index is 0.0305. The number of ether oxygens (including phenoxy) is 6. The lowest BCUT2D eigenvalue weighted by Crippen LogP contribution is -2.40. The number of benzene rings is 1. The van der Waals surface area contributed by atoms with E-state index in [0.717, 1.165) is 32.1 Å². The Bertz CT molecular complexity index is 960. The molecule has 0 bridgehead atoms. The van der Waals surface area contributed by atoms with Crippen LogP contribution in [0.25, 0.3) is 0 Å². The minimum Gasteiger partial charge on any atom is -0.459 e. The first-order valence-electron chi connectivity index (χ1n) is 13.6. The third-order valence-electron chi connectivity index (χ3n) is 6.20. The molecule has 0 heterocycles. The van der Waals surface area contributed by atoms with E-state index in [-0.39, 0.29) is 43.0 Å². The molecule has 39 heavy (non-hydrogen) atoms. The molecule has 1 aliphatic rings. The average molecular weight is 552 g/mol. The maximum Gasteiger partial charge on any atom is 0.513 e. The van der Waals surface area contributed by atoms with Gasteiger partial charge < -0.3 is 34.2 Å². The van der Waals surface area contributed by atoms with E-state index < -0.39 is 36.5 Å². The summed E-state index contributed by atoms with van der Waals surface area (Å²) in [6, 6.07) is 3.33. The zero-order chi connectivity index (χ0) is 28.8.